The number of benzene rings is 1. The van der Waals surface area contributed by atoms with E-state index in [4.69, 9.17) is 4.74 Å². The number of aryl methyl sites for hydroxylation is 1. The Kier molecular flexibility index (Phi) is 5.75. The Hall–Kier alpha value is -1.88. The topological polar surface area (TPSA) is 38.3 Å². The van der Waals surface area contributed by atoms with E-state index in [1.165, 1.54) is 10.9 Å². The van der Waals surface area contributed by atoms with Gasteiger partial charge in [0.15, 0.2) is 11.6 Å². The van der Waals surface area contributed by atoms with Crippen LogP contribution in [0.15, 0.2) is 35.7 Å². The maximum atomic E-state index is 13.7. The van der Waals surface area contributed by atoms with Crippen molar-refractivity contribution >= 4 is 17.2 Å². The summed E-state index contributed by atoms with van der Waals surface area (Å²) in [5.41, 5.74) is 0.723. The molecule has 0 aliphatic heterocycles. The first-order valence-electron chi connectivity index (χ1n) is 6.89. The molecule has 0 aliphatic rings. The molecule has 0 saturated carbocycles. The number of amides is 1. The Balaban J connectivity index is 1.79. The van der Waals surface area contributed by atoms with Crippen molar-refractivity contribution < 1.29 is 13.9 Å². The monoisotopic (exact) mass is 307 g/mol. The van der Waals surface area contributed by atoms with Crippen LogP contribution >= 0.6 is 11.3 Å². The molecule has 0 spiro atoms. The fourth-order valence-corrected chi connectivity index (χ4v) is 2.62. The highest BCUT2D eigenvalue weighted by atomic mass is 32.1. The normalized spacial score (nSPS) is 10.4. The molecule has 2 rings (SSSR count). The van der Waals surface area contributed by atoms with E-state index >= 15 is 0 Å². The van der Waals surface area contributed by atoms with Crippen molar-refractivity contribution in [2.24, 2.45) is 0 Å². The number of thiophene rings is 1. The van der Waals surface area contributed by atoms with Crippen LogP contribution in [0.5, 0.6) is 5.75 Å². The molecule has 1 amide bonds. The van der Waals surface area contributed by atoms with Gasteiger partial charge >= 0.3 is 0 Å². The summed E-state index contributed by atoms with van der Waals surface area (Å²) in [6.45, 7) is 2.56. The molecular formula is C16H18FNO2S. The maximum absolute atomic E-state index is 13.7. The SMILES string of the molecule is CCOc1ccc(CNC(=O)CCc2cccs2)cc1F. The molecule has 21 heavy (non-hydrogen) atoms. The zero-order chi connectivity index (χ0) is 15.1. The lowest BCUT2D eigenvalue weighted by atomic mass is 10.2. The Bertz CT molecular complexity index is 584. The molecule has 1 aromatic carbocycles. The first kappa shape index (κ1) is 15.5. The minimum absolute atomic E-state index is 0.0299. The molecule has 112 valence electrons. The highest BCUT2D eigenvalue weighted by Gasteiger charge is 2.06. The smallest absolute Gasteiger partial charge is 0.220 e. The molecule has 1 heterocycles. The lowest BCUT2D eigenvalue weighted by Gasteiger charge is -2.08. The van der Waals surface area contributed by atoms with Gasteiger partial charge in [0, 0.05) is 17.8 Å². The van der Waals surface area contributed by atoms with Crippen LogP contribution in [-0.2, 0) is 17.8 Å². The summed E-state index contributed by atoms with van der Waals surface area (Å²) in [6.07, 6.45) is 1.18. The summed E-state index contributed by atoms with van der Waals surface area (Å²) < 4.78 is 18.8. The second-order valence-corrected chi connectivity index (χ2v) is 5.59. The Morgan fingerprint density at radius 1 is 1.38 bits per heavy atom. The van der Waals surface area contributed by atoms with Crippen molar-refractivity contribution in [2.75, 3.05) is 6.61 Å². The number of hydrogen-bond acceptors (Lipinski definition) is 3. The molecule has 1 aromatic heterocycles. The molecular weight excluding hydrogens is 289 g/mol. The first-order valence-corrected chi connectivity index (χ1v) is 7.77. The lowest BCUT2D eigenvalue weighted by Crippen LogP contribution is -2.22. The van der Waals surface area contributed by atoms with E-state index in [0.29, 0.717) is 19.6 Å². The Labute approximate surface area is 127 Å². The highest BCUT2D eigenvalue weighted by Crippen LogP contribution is 2.18. The van der Waals surface area contributed by atoms with E-state index in [2.05, 4.69) is 5.32 Å². The van der Waals surface area contributed by atoms with Crippen molar-refractivity contribution in [3.63, 3.8) is 0 Å². The highest BCUT2D eigenvalue weighted by molar-refractivity contribution is 7.09. The minimum Gasteiger partial charge on any atom is -0.491 e. The van der Waals surface area contributed by atoms with Gasteiger partial charge in [-0.25, -0.2) is 4.39 Å². The van der Waals surface area contributed by atoms with Crippen LogP contribution in [0.25, 0.3) is 0 Å². The first-order chi connectivity index (χ1) is 10.2. The second kappa shape index (κ2) is 7.78. The maximum Gasteiger partial charge on any atom is 0.220 e. The Morgan fingerprint density at radius 2 is 2.24 bits per heavy atom. The van der Waals surface area contributed by atoms with Crippen molar-refractivity contribution in [1.29, 1.82) is 0 Å². The molecule has 0 radical (unpaired) electrons. The third-order valence-electron chi connectivity index (χ3n) is 2.96. The van der Waals surface area contributed by atoms with Crippen LogP contribution in [0.3, 0.4) is 0 Å². The third-order valence-corrected chi connectivity index (χ3v) is 3.90. The molecule has 0 fully saturated rings. The standard InChI is InChI=1S/C16H18FNO2S/c1-2-20-15-7-5-12(10-14(15)17)11-18-16(19)8-6-13-4-3-9-21-13/h3-5,7,9-10H,2,6,8,11H2,1H3,(H,18,19). The van der Waals surface area contributed by atoms with E-state index in [9.17, 15) is 9.18 Å². The zero-order valence-corrected chi connectivity index (χ0v) is 12.7. The number of nitrogens with one attached hydrogen (secondary N) is 1. The molecule has 0 atom stereocenters. The van der Waals surface area contributed by atoms with Crippen LogP contribution in [-0.4, -0.2) is 12.5 Å². The number of ether oxygens (including phenoxy) is 1. The summed E-state index contributed by atoms with van der Waals surface area (Å²) in [7, 11) is 0. The van der Waals surface area contributed by atoms with Crippen LogP contribution < -0.4 is 10.1 Å². The van der Waals surface area contributed by atoms with Gasteiger partial charge in [-0.05, 0) is 42.5 Å². The van der Waals surface area contributed by atoms with Crippen LogP contribution in [0.4, 0.5) is 4.39 Å². The largest absolute Gasteiger partial charge is 0.491 e. The molecule has 0 aliphatic carbocycles. The summed E-state index contributed by atoms with van der Waals surface area (Å²) in [5, 5.41) is 4.79. The molecule has 1 N–H and O–H groups in total. The van der Waals surface area contributed by atoms with Gasteiger partial charge in [0.1, 0.15) is 0 Å². The van der Waals surface area contributed by atoms with Crippen molar-refractivity contribution in [3.05, 3.63) is 52.0 Å². The summed E-state index contributed by atoms with van der Waals surface area (Å²) in [5.74, 6) is -0.190. The van der Waals surface area contributed by atoms with Gasteiger partial charge in [0.25, 0.3) is 0 Å². The number of carbonyl (C=O) groups is 1. The van der Waals surface area contributed by atoms with Crippen LogP contribution in [0.2, 0.25) is 0 Å². The molecule has 0 saturated heterocycles. The predicted molar refractivity (Wildman–Crippen MR) is 82.1 cm³/mol. The fraction of sp³-hybridized carbons (Fsp3) is 0.312. The van der Waals surface area contributed by atoms with Crippen molar-refractivity contribution in [1.82, 2.24) is 5.32 Å². The van der Waals surface area contributed by atoms with E-state index in [-0.39, 0.29) is 11.7 Å². The number of halogens is 1. The summed E-state index contributed by atoms with van der Waals surface area (Å²) in [4.78, 5) is 12.9. The number of hydrogen-bond donors (Lipinski definition) is 1. The third kappa shape index (κ3) is 4.86. The lowest BCUT2D eigenvalue weighted by molar-refractivity contribution is -0.121. The van der Waals surface area contributed by atoms with Gasteiger partial charge in [0.2, 0.25) is 5.91 Å². The number of carbonyl (C=O) groups excluding carboxylic acids is 1. The zero-order valence-electron chi connectivity index (χ0n) is 11.9. The predicted octanol–water partition coefficient (Wildman–Crippen LogP) is 3.53. The molecule has 5 heteroatoms. The summed E-state index contributed by atoms with van der Waals surface area (Å²) in [6, 6.07) is 8.73. The molecule has 3 nitrogen and oxygen atoms in total. The van der Waals surface area contributed by atoms with Gasteiger partial charge in [-0.3, -0.25) is 4.79 Å². The number of rotatable bonds is 7. The second-order valence-electron chi connectivity index (χ2n) is 4.55. The van der Waals surface area contributed by atoms with E-state index in [0.717, 1.165) is 12.0 Å². The average Bonchev–Trinajstić information content (AvgIpc) is 2.99. The van der Waals surface area contributed by atoms with Crippen molar-refractivity contribution in [2.45, 2.75) is 26.3 Å². The molecule has 0 unspecified atom stereocenters. The fourth-order valence-electron chi connectivity index (χ4n) is 1.91. The molecule has 2 aromatic rings. The average molecular weight is 307 g/mol. The van der Waals surface area contributed by atoms with E-state index in [1.807, 2.05) is 17.5 Å². The van der Waals surface area contributed by atoms with Gasteiger partial charge in [0.05, 0.1) is 6.61 Å². The quantitative estimate of drug-likeness (QED) is 0.850. The molecule has 0 bridgehead atoms. The minimum atomic E-state index is -0.401. The van der Waals surface area contributed by atoms with Gasteiger partial charge < -0.3 is 10.1 Å². The van der Waals surface area contributed by atoms with Gasteiger partial charge in [-0.1, -0.05) is 12.1 Å². The van der Waals surface area contributed by atoms with Crippen LogP contribution in [0, 0.1) is 5.82 Å². The Morgan fingerprint density at radius 3 is 2.90 bits per heavy atom. The van der Waals surface area contributed by atoms with Gasteiger partial charge in [-0.2, -0.15) is 0 Å². The summed E-state index contributed by atoms with van der Waals surface area (Å²) >= 11 is 1.64. The van der Waals surface area contributed by atoms with Crippen LogP contribution in [0.1, 0.15) is 23.8 Å². The van der Waals surface area contributed by atoms with E-state index < -0.39 is 5.82 Å². The van der Waals surface area contributed by atoms with Crippen molar-refractivity contribution in [3.8, 4) is 5.75 Å². The van der Waals surface area contributed by atoms with E-state index in [1.54, 1.807) is 30.4 Å². The van der Waals surface area contributed by atoms with Gasteiger partial charge in [-0.15, -0.1) is 11.3 Å².